The van der Waals surface area contributed by atoms with Crippen LogP contribution in [0.25, 0.3) is 0 Å². The van der Waals surface area contributed by atoms with E-state index in [4.69, 9.17) is 19.5 Å². The molecule has 0 aliphatic carbocycles. The Morgan fingerprint density at radius 1 is 1.38 bits per heavy atom. The maximum Gasteiger partial charge on any atom is 0.459 e. The molecule has 14 heteroatoms. The number of thioether (sulfide) groups is 1. The summed E-state index contributed by atoms with van der Waals surface area (Å²) in [5, 5.41) is 10.9. The van der Waals surface area contributed by atoms with Crippen LogP contribution in [0.3, 0.4) is 0 Å². The van der Waals surface area contributed by atoms with E-state index >= 15 is 0 Å². The Morgan fingerprint density at radius 3 is 2.74 bits per heavy atom. The SMILES string of the molecule is CCOC(=O)[C@H](C)NP(=O)(OC[C@H]1SC(n2ccc(N)nc2=O)[C@@H](F)[C@@H]1O)Oc1ccccc1. The minimum atomic E-state index is -4.18. The predicted octanol–water partition coefficient (Wildman–Crippen LogP) is 1.88. The summed E-state index contributed by atoms with van der Waals surface area (Å²) < 4.78 is 45.3. The molecule has 34 heavy (non-hydrogen) atoms. The molecule has 1 fully saturated rings. The summed E-state index contributed by atoms with van der Waals surface area (Å²) in [5.74, 6) is -0.479. The van der Waals surface area contributed by atoms with Crippen molar-refractivity contribution in [2.75, 3.05) is 18.9 Å². The van der Waals surface area contributed by atoms with Crippen LogP contribution in [0.2, 0.25) is 0 Å². The van der Waals surface area contributed by atoms with Crippen molar-refractivity contribution in [3.8, 4) is 5.75 Å². The molecule has 3 rings (SSSR count). The fourth-order valence-corrected chi connectivity index (χ4v) is 6.16. The lowest BCUT2D eigenvalue weighted by Gasteiger charge is -2.24. The van der Waals surface area contributed by atoms with Crippen molar-refractivity contribution < 1.29 is 32.6 Å². The van der Waals surface area contributed by atoms with Gasteiger partial charge in [-0.25, -0.2) is 13.8 Å². The lowest BCUT2D eigenvalue weighted by atomic mass is 10.1. The molecular formula is C20H26FN4O7PS. The molecule has 1 aromatic carbocycles. The summed E-state index contributed by atoms with van der Waals surface area (Å²) in [6, 6.07) is 8.42. The number of rotatable bonds is 10. The number of halogens is 1. The van der Waals surface area contributed by atoms with Crippen LogP contribution in [0.5, 0.6) is 5.75 Å². The quantitative estimate of drug-likeness (QED) is 0.313. The minimum absolute atomic E-state index is 0.0131. The normalized spacial score (nSPS) is 24.8. The van der Waals surface area contributed by atoms with Gasteiger partial charge in [0.25, 0.3) is 0 Å². The van der Waals surface area contributed by atoms with E-state index in [2.05, 4.69) is 10.1 Å². The van der Waals surface area contributed by atoms with Crippen LogP contribution in [0.1, 0.15) is 19.2 Å². The summed E-state index contributed by atoms with van der Waals surface area (Å²) in [5.41, 5.74) is 4.71. The highest BCUT2D eigenvalue weighted by atomic mass is 32.2. The van der Waals surface area contributed by atoms with Gasteiger partial charge in [-0.1, -0.05) is 18.2 Å². The number of nitrogens with zero attached hydrogens (tertiary/aromatic N) is 2. The number of benzene rings is 1. The molecule has 1 aliphatic rings. The van der Waals surface area contributed by atoms with Gasteiger partial charge in [-0.15, -0.1) is 11.8 Å². The number of aliphatic hydroxyl groups is 1. The van der Waals surface area contributed by atoms with Crippen LogP contribution in [0.15, 0.2) is 47.4 Å². The molecule has 6 atom stereocenters. The number of nitrogens with one attached hydrogen (secondary N) is 1. The third-order valence-corrected chi connectivity index (χ3v) is 7.96. The van der Waals surface area contributed by atoms with Crippen molar-refractivity contribution >= 4 is 31.3 Å². The molecule has 4 N–H and O–H groups in total. The second kappa shape index (κ2) is 11.3. The summed E-state index contributed by atoms with van der Waals surface area (Å²) in [7, 11) is -4.18. The minimum Gasteiger partial charge on any atom is -0.465 e. The number of hydrogen-bond donors (Lipinski definition) is 3. The fraction of sp³-hybridized carbons (Fsp3) is 0.450. The van der Waals surface area contributed by atoms with Gasteiger partial charge in [0.05, 0.1) is 18.5 Å². The van der Waals surface area contributed by atoms with Crippen LogP contribution in [0.4, 0.5) is 10.2 Å². The van der Waals surface area contributed by atoms with Crippen molar-refractivity contribution in [2.24, 2.45) is 0 Å². The maximum atomic E-state index is 14.8. The third-order valence-electron chi connectivity index (χ3n) is 4.79. The van der Waals surface area contributed by atoms with Gasteiger partial charge in [-0.05, 0) is 32.0 Å². The van der Waals surface area contributed by atoms with Crippen LogP contribution in [-0.4, -0.2) is 57.4 Å². The van der Waals surface area contributed by atoms with Crippen LogP contribution in [0, 0.1) is 0 Å². The smallest absolute Gasteiger partial charge is 0.459 e. The highest BCUT2D eigenvalue weighted by Gasteiger charge is 2.46. The molecule has 0 bridgehead atoms. The first-order valence-electron chi connectivity index (χ1n) is 10.4. The number of carbonyl (C=O) groups is 1. The highest BCUT2D eigenvalue weighted by molar-refractivity contribution is 8.00. The molecule has 1 aromatic heterocycles. The molecule has 0 spiro atoms. The van der Waals surface area contributed by atoms with Crippen LogP contribution in [-0.2, 0) is 18.6 Å². The number of ether oxygens (including phenoxy) is 1. The maximum absolute atomic E-state index is 14.8. The Labute approximate surface area is 199 Å². The number of esters is 1. The monoisotopic (exact) mass is 516 g/mol. The second-order valence-electron chi connectivity index (χ2n) is 7.34. The lowest BCUT2D eigenvalue weighted by Crippen LogP contribution is -2.36. The van der Waals surface area contributed by atoms with E-state index in [0.717, 1.165) is 16.3 Å². The van der Waals surface area contributed by atoms with Gasteiger partial charge in [-0.3, -0.25) is 13.9 Å². The Morgan fingerprint density at radius 2 is 2.09 bits per heavy atom. The molecule has 2 aromatic rings. The number of alkyl halides is 1. The Balaban J connectivity index is 1.75. The van der Waals surface area contributed by atoms with Crippen molar-refractivity contribution in [1.29, 1.82) is 0 Å². The summed E-state index contributed by atoms with van der Waals surface area (Å²) in [4.78, 5) is 27.7. The van der Waals surface area contributed by atoms with E-state index in [0.29, 0.717) is 0 Å². The van der Waals surface area contributed by atoms with E-state index in [9.17, 15) is 23.7 Å². The van der Waals surface area contributed by atoms with Gasteiger partial charge in [0.2, 0.25) is 0 Å². The molecule has 0 saturated carbocycles. The molecule has 186 valence electrons. The van der Waals surface area contributed by atoms with Crippen molar-refractivity contribution in [3.05, 3.63) is 53.1 Å². The number of aromatic nitrogens is 2. The number of aliphatic hydroxyl groups excluding tert-OH is 1. The first kappa shape index (κ1) is 26.2. The fourth-order valence-electron chi connectivity index (χ4n) is 3.12. The van der Waals surface area contributed by atoms with Gasteiger partial charge < -0.3 is 20.1 Å². The predicted molar refractivity (Wildman–Crippen MR) is 124 cm³/mol. The Kier molecular flexibility index (Phi) is 8.72. The number of hydrogen-bond acceptors (Lipinski definition) is 10. The molecule has 2 unspecified atom stereocenters. The number of nitrogen functional groups attached to an aromatic ring is 1. The van der Waals surface area contributed by atoms with Crippen molar-refractivity contribution in [2.45, 2.75) is 42.8 Å². The number of nitrogens with two attached hydrogens (primary N) is 1. The zero-order chi connectivity index (χ0) is 24.9. The van der Waals surface area contributed by atoms with E-state index in [1.54, 1.807) is 37.3 Å². The average molecular weight is 516 g/mol. The number of para-hydroxylation sites is 1. The topological polar surface area (TPSA) is 155 Å². The van der Waals surface area contributed by atoms with E-state index < -0.39 is 55.0 Å². The summed E-state index contributed by atoms with van der Waals surface area (Å²) in [6.07, 6.45) is -2.08. The molecule has 0 amide bonds. The van der Waals surface area contributed by atoms with Crippen LogP contribution >= 0.6 is 19.5 Å². The molecule has 1 saturated heterocycles. The van der Waals surface area contributed by atoms with Crippen molar-refractivity contribution in [1.82, 2.24) is 14.6 Å². The largest absolute Gasteiger partial charge is 0.465 e. The second-order valence-corrected chi connectivity index (χ2v) is 10.4. The Hall–Kier alpha value is -2.44. The summed E-state index contributed by atoms with van der Waals surface area (Å²) >= 11 is 0.916. The van der Waals surface area contributed by atoms with E-state index in [1.165, 1.54) is 19.2 Å². The zero-order valence-electron chi connectivity index (χ0n) is 18.4. The van der Waals surface area contributed by atoms with E-state index in [1.807, 2.05) is 0 Å². The molecule has 11 nitrogen and oxygen atoms in total. The van der Waals surface area contributed by atoms with Crippen LogP contribution < -0.4 is 21.0 Å². The highest BCUT2D eigenvalue weighted by Crippen LogP contribution is 2.48. The standard InChI is InChI=1S/C20H26FN4O7PS/c1-3-30-19(27)12(2)24-33(29,32-13-7-5-4-6-8-13)31-11-14-17(26)16(21)18(34-14)25-10-9-15(22)23-20(25)28/h4-10,12,14,16-18,26H,3,11H2,1-2H3,(H,24,29)(H2,22,23,28)/t12-,14+,16-,17+,18?,33?/m0/s1. The zero-order valence-corrected chi connectivity index (χ0v) is 20.2. The lowest BCUT2D eigenvalue weighted by molar-refractivity contribution is -0.144. The van der Waals surface area contributed by atoms with Gasteiger partial charge >= 0.3 is 19.4 Å². The molecule has 0 radical (unpaired) electrons. The Bertz CT molecular complexity index is 1090. The number of carbonyl (C=O) groups excluding carboxylic acids is 1. The average Bonchev–Trinajstić information content (AvgIpc) is 3.07. The van der Waals surface area contributed by atoms with Gasteiger partial charge in [0.1, 0.15) is 29.1 Å². The third kappa shape index (κ3) is 6.36. The van der Waals surface area contributed by atoms with Gasteiger partial charge in [0.15, 0.2) is 6.17 Å². The number of anilines is 1. The first-order chi connectivity index (χ1) is 16.1. The molecule has 2 heterocycles. The van der Waals surface area contributed by atoms with E-state index in [-0.39, 0.29) is 18.2 Å². The van der Waals surface area contributed by atoms with Gasteiger partial charge in [-0.2, -0.15) is 10.1 Å². The van der Waals surface area contributed by atoms with Crippen molar-refractivity contribution in [3.63, 3.8) is 0 Å². The first-order valence-corrected chi connectivity index (χ1v) is 12.9. The summed E-state index contributed by atoms with van der Waals surface area (Å²) in [6.45, 7) is 2.77. The molecule has 1 aliphatic heterocycles. The van der Waals surface area contributed by atoms with Gasteiger partial charge in [0, 0.05) is 6.20 Å². The molecular weight excluding hydrogens is 490 g/mol.